The van der Waals surface area contributed by atoms with Gasteiger partial charge in [-0.05, 0) is 0 Å². The summed E-state index contributed by atoms with van der Waals surface area (Å²) in [5, 5.41) is 14.0. The Morgan fingerprint density at radius 2 is 0.825 bits per heavy atom. The molecule has 0 unspecified atom stereocenters. The molecule has 272 valence electrons. The van der Waals surface area contributed by atoms with Gasteiger partial charge in [0, 0.05) is 0 Å². The summed E-state index contributed by atoms with van der Waals surface area (Å²) in [5.74, 6) is 4.33. The summed E-state index contributed by atoms with van der Waals surface area (Å²) in [4.78, 5) is 0. The topological polar surface area (TPSA) is 0 Å². The maximum atomic E-state index is 2.57. The predicted molar refractivity (Wildman–Crippen MR) is 245 cm³/mol. The quantitative estimate of drug-likeness (QED) is 0.123. The molecular weight excluding hydrogens is 752 g/mol. The van der Waals surface area contributed by atoms with E-state index in [-0.39, 0.29) is 14.5 Å². The van der Waals surface area contributed by atoms with Gasteiger partial charge in [0.2, 0.25) is 0 Å². The van der Waals surface area contributed by atoms with Crippen LogP contribution in [0, 0.1) is 23.7 Å². The number of hydrogen-bond donors (Lipinski definition) is 0. The number of hydrogen-bond acceptors (Lipinski definition) is 0. The second kappa shape index (κ2) is 12.5. The summed E-state index contributed by atoms with van der Waals surface area (Å²) in [5.41, 5.74) is 9.78. The van der Waals surface area contributed by atoms with E-state index in [2.05, 4.69) is 164 Å². The van der Waals surface area contributed by atoms with Crippen molar-refractivity contribution in [2.75, 3.05) is 0 Å². The standard InChI is InChI=1S/C56H42Se/c1-2-13-35(14-3-1)52-40-15-4-8-19-44(40)54(45-20-9-5-16-41(45)52)49-24-12-23-48-39-26-25-36(32-50(39)57-56(48)49)53-42-17-6-10-21-46(42)55(47-22-11-7-18-43(47)53)51-37-28-33-27-34(30-37)31-38(51)29-33/h1-26,32-34,37-38,51H,27-31H2. The molecule has 9 aromatic carbocycles. The van der Waals surface area contributed by atoms with Crippen LogP contribution in [0.4, 0.5) is 0 Å². The molecule has 0 aliphatic heterocycles. The summed E-state index contributed by atoms with van der Waals surface area (Å²) in [7, 11) is 0. The number of rotatable bonds is 4. The Bertz CT molecular complexity index is 3110. The van der Waals surface area contributed by atoms with Crippen LogP contribution >= 0.6 is 0 Å². The van der Waals surface area contributed by atoms with E-state index < -0.39 is 0 Å². The van der Waals surface area contributed by atoms with Crippen LogP contribution in [0.1, 0.15) is 43.6 Å². The van der Waals surface area contributed by atoms with E-state index in [0.29, 0.717) is 5.92 Å². The summed E-state index contributed by atoms with van der Waals surface area (Å²) >= 11 is 0.156. The average molecular weight is 794 g/mol. The van der Waals surface area contributed by atoms with Crippen molar-refractivity contribution in [3.05, 3.63) is 169 Å². The molecule has 0 saturated heterocycles. The van der Waals surface area contributed by atoms with E-state index in [9.17, 15) is 0 Å². The summed E-state index contributed by atoms with van der Waals surface area (Å²) in [6.07, 6.45) is 7.28. The fourth-order valence-corrected chi connectivity index (χ4v) is 15.4. The minimum absolute atomic E-state index is 0.156. The molecule has 0 N–H and O–H groups in total. The molecule has 0 amide bonds. The van der Waals surface area contributed by atoms with Gasteiger partial charge in [-0.1, -0.05) is 0 Å². The van der Waals surface area contributed by atoms with Crippen molar-refractivity contribution in [3.8, 4) is 33.4 Å². The molecule has 10 aromatic rings. The maximum absolute atomic E-state index is 2.57. The van der Waals surface area contributed by atoms with Crippen molar-refractivity contribution < 1.29 is 0 Å². The first kappa shape index (κ1) is 32.6. The summed E-state index contributed by atoms with van der Waals surface area (Å²) < 4.78 is 3.00. The van der Waals surface area contributed by atoms with Crippen molar-refractivity contribution in [3.63, 3.8) is 0 Å². The molecule has 4 aliphatic rings. The molecule has 4 bridgehead atoms. The molecule has 0 radical (unpaired) electrons. The molecule has 0 spiro atoms. The van der Waals surface area contributed by atoms with Crippen molar-refractivity contribution in [1.29, 1.82) is 0 Å². The third-order valence-corrected chi connectivity index (χ3v) is 17.1. The van der Waals surface area contributed by atoms with Crippen molar-refractivity contribution in [2.24, 2.45) is 23.7 Å². The molecule has 4 saturated carbocycles. The van der Waals surface area contributed by atoms with Gasteiger partial charge in [0.05, 0.1) is 0 Å². The molecular formula is C56H42Se. The van der Waals surface area contributed by atoms with E-state index >= 15 is 0 Å². The molecule has 1 heteroatoms. The summed E-state index contributed by atoms with van der Waals surface area (Å²) in [6.45, 7) is 0. The molecule has 1 aromatic heterocycles. The third-order valence-electron chi connectivity index (χ3n) is 14.6. The fraction of sp³-hybridized carbons (Fsp3) is 0.179. The molecule has 14 rings (SSSR count). The van der Waals surface area contributed by atoms with Gasteiger partial charge in [0.25, 0.3) is 0 Å². The van der Waals surface area contributed by atoms with Crippen LogP contribution in [0.25, 0.3) is 95.8 Å². The van der Waals surface area contributed by atoms with Crippen LogP contribution in [-0.2, 0) is 0 Å². The molecule has 4 fully saturated rings. The molecule has 0 nitrogen and oxygen atoms in total. The van der Waals surface area contributed by atoms with Crippen LogP contribution in [0.3, 0.4) is 0 Å². The van der Waals surface area contributed by atoms with Gasteiger partial charge < -0.3 is 0 Å². The van der Waals surface area contributed by atoms with Crippen molar-refractivity contribution in [2.45, 2.75) is 38.0 Å². The molecule has 57 heavy (non-hydrogen) atoms. The van der Waals surface area contributed by atoms with Gasteiger partial charge in [0.15, 0.2) is 0 Å². The first-order chi connectivity index (χ1) is 28.3. The van der Waals surface area contributed by atoms with Gasteiger partial charge in [-0.2, -0.15) is 0 Å². The van der Waals surface area contributed by atoms with E-state index in [1.54, 1.807) is 5.56 Å². The van der Waals surface area contributed by atoms with Crippen LogP contribution in [0.15, 0.2) is 164 Å². The Morgan fingerprint density at radius 1 is 0.351 bits per heavy atom. The van der Waals surface area contributed by atoms with Crippen LogP contribution < -0.4 is 0 Å². The van der Waals surface area contributed by atoms with Crippen LogP contribution in [0.2, 0.25) is 0 Å². The van der Waals surface area contributed by atoms with Gasteiger partial charge in [0.1, 0.15) is 0 Å². The Morgan fingerprint density at radius 3 is 1.40 bits per heavy atom. The van der Waals surface area contributed by atoms with Gasteiger partial charge in [-0.25, -0.2) is 0 Å². The Kier molecular flexibility index (Phi) is 7.16. The first-order valence-corrected chi connectivity index (χ1v) is 22.9. The zero-order chi connectivity index (χ0) is 37.2. The zero-order valence-electron chi connectivity index (χ0n) is 31.9. The van der Waals surface area contributed by atoms with E-state index in [1.807, 2.05) is 0 Å². The van der Waals surface area contributed by atoms with E-state index in [0.717, 1.165) is 23.7 Å². The van der Waals surface area contributed by atoms with E-state index in [1.165, 1.54) is 128 Å². The van der Waals surface area contributed by atoms with Crippen LogP contribution in [0.5, 0.6) is 0 Å². The predicted octanol–water partition coefficient (Wildman–Crippen LogP) is 15.2. The molecule has 4 aliphatic carbocycles. The van der Waals surface area contributed by atoms with Gasteiger partial charge in [-0.3, -0.25) is 0 Å². The number of fused-ring (bicyclic) bond motifs is 7. The normalized spacial score (nSPS) is 21.5. The fourth-order valence-electron chi connectivity index (χ4n) is 12.7. The van der Waals surface area contributed by atoms with Crippen molar-refractivity contribution in [1.82, 2.24) is 0 Å². The second-order valence-electron chi connectivity index (χ2n) is 17.5. The third kappa shape index (κ3) is 4.80. The Balaban J connectivity index is 1.03. The van der Waals surface area contributed by atoms with Crippen molar-refractivity contribution >= 4 is 76.9 Å². The summed E-state index contributed by atoms with van der Waals surface area (Å²) in [6, 6.07) is 62.6. The molecule has 1 heterocycles. The minimum atomic E-state index is 0.156. The van der Waals surface area contributed by atoms with E-state index in [4.69, 9.17) is 0 Å². The first-order valence-electron chi connectivity index (χ1n) is 21.1. The monoisotopic (exact) mass is 794 g/mol. The second-order valence-corrected chi connectivity index (χ2v) is 19.7. The van der Waals surface area contributed by atoms with Gasteiger partial charge in [-0.15, -0.1) is 0 Å². The SMILES string of the molecule is c1ccc(-c2c3ccccc3c(-c3cccc4c3[se]c3cc(-c5c6ccccc6c(C6C7CC8CC(C7)CC6C8)c6ccccc56)ccc34)c3ccccc23)cc1. The van der Waals surface area contributed by atoms with Crippen LogP contribution in [-0.4, -0.2) is 14.5 Å². The Hall–Kier alpha value is -5.46. The zero-order valence-corrected chi connectivity index (χ0v) is 33.6. The Labute approximate surface area is 339 Å². The number of benzene rings is 9. The molecule has 0 atom stereocenters. The average Bonchev–Trinajstić information content (AvgIpc) is 3.63. The van der Waals surface area contributed by atoms with Gasteiger partial charge >= 0.3 is 341 Å².